The van der Waals surface area contributed by atoms with Crippen LogP contribution in [0.15, 0.2) is 40.9 Å². The van der Waals surface area contributed by atoms with E-state index in [0.29, 0.717) is 23.3 Å². The van der Waals surface area contributed by atoms with E-state index in [1.807, 2.05) is 24.6 Å². The first-order valence-corrected chi connectivity index (χ1v) is 11.2. The third-order valence-corrected chi connectivity index (χ3v) is 6.31. The van der Waals surface area contributed by atoms with Gasteiger partial charge in [0.2, 0.25) is 10.0 Å². The fraction of sp³-hybridized carbons (Fsp3) is 0.300. The summed E-state index contributed by atoms with van der Waals surface area (Å²) in [5.41, 5.74) is 2.98. The van der Waals surface area contributed by atoms with E-state index in [-0.39, 0.29) is 17.5 Å². The molecule has 1 unspecified atom stereocenters. The lowest BCUT2D eigenvalue weighted by Crippen LogP contribution is -2.35. The molecule has 1 aliphatic rings. The number of rotatable bonds is 6. The minimum atomic E-state index is -3.86. The molecule has 0 saturated carbocycles. The number of halogens is 1. The molecule has 0 saturated heterocycles. The summed E-state index contributed by atoms with van der Waals surface area (Å²) in [6.07, 6.45) is 0.407. The van der Waals surface area contributed by atoms with E-state index in [2.05, 4.69) is 15.9 Å². The fourth-order valence-corrected chi connectivity index (χ4v) is 5.00. The second kappa shape index (κ2) is 8.05. The van der Waals surface area contributed by atoms with Gasteiger partial charge < -0.3 is 4.74 Å². The SMILES string of the molecule is Cc1ccc(OCC(=O)NS(=O)(=O)Cc2cccc(Br)c2)c2c1C(C)CC2=O. The first-order valence-electron chi connectivity index (χ1n) is 8.73. The van der Waals surface area contributed by atoms with Crippen molar-refractivity contribution in [2.75, 3.05) is 6.61 Å². The number of carbonyl (C=O) groups excluding carboxylic acids is 2. The van der Waals surface area contributed by atoms with Crippen molar-refractivity contribution in [2.24, 2.45) is 0 Å². The normalized spacial score (nSPS) is 16.0. The second-order valence-corrected chi connectivity index (χ2v) is 9.54. The summed E-state index contributed by atoms with van der Waals surface area (Å²) in [6, 6.07) is 10.3. The van der Waals surface area contributed by atoms with Crippen LogP contribution in [0.4, 0.5) is 0 Å². The number of ketones is 1. The number of aryl methyl sites for hydroxylation is 1. The zero-order valence-corrected chi connectivity index (χ0v) is 17.9. The number of ether oxygens (including phenoxy) is 1. The van der Waals surface area contributed by atoms with Crippen LogP contribution in [0.25, 0.3) is 0 Å². The van der Waals surface area contributed by atoms with Crippen molar-refractivity contribution >= 4 is 37.6 Å². The molecule has 3 rings (SSSR count). The van der Waals surface area contributed by atoms with Crippen molar-refractivity contribution in [2.45, 2.75) is 31.9 Å². The van der Waals surface area contributed by atoms with Crippen LogP contribution >= 0.6 is 15.9 Å². The van der Waals surface area contributed by atoms with Gasteiger partial charge in [-0.05, 0) is 47.7 Å². The zero-order chi connectivity index (χ0) is 20.5. The van der Waals surface area contributed by atoms with Crippen LogP contribution < -0.4 is 9.46 Å². The Morgan fingerprint density at radius 1 is 1.29 bits per heavy atom. The van der Waals surface area contributed by atoms with Gasteiger partial charge in [0, 0.05) is 10.9 Å². The lowest BCUT2D eigenvalue weighted by molar-refractivity contribution is -0.121. The maximum Gasteiger partial charge on any atom is 0.271 e. The Kier molecular flexibility index (Phi) is 5.90. The Labute approximate surface area is 172 Å². The summed E-state index contributed by atoms with van der Waals surface area (Å²) in [5, 5.41) is 0. The fourth-order valence-electron chi connectivity index (χ4n) is 3.46. The number of nitrogens with one attached hydrogen (secondary N) is 1. The molecule has 0 aromatic heterocycles. The summed E-state index contributed by atoms with van der Waals surface area (Å²) < 4.78 is 32.7. The van der Waals surface area contributed by atoms with Crippen molar-refractivity contribution in [3.05, 3.63) is 63.1 Å². The van der Waals surface area contributed by atoms with E-state index in [1.165, 1.54) is 0 Å². The molecule has 6 nitrogen and oxygen atoms in total. The summed E-state index contributed by atoms with van der Waals surface area (Å²) >= 11 is 3.28. The first kappa shape index (κ1) is 20.5. The predicted octanol–water partition coefficient (Wildman–Crippen LogP) is 3.47. The monoisotopic (exact) mass is 465 g/mol. The third-order valence-electron chi connectivity index (χ3n) is 4.56. The van der Waals surface area contributed by atoms with Gasteiger partial charge in [0.1, 0.15) is 5.75 Å². The maximum atomic E-state index is 12.3. The zero-order valence-electron chi connectivity index (χ0n) is 15.5. The molecule has 8 heteroatoms. The van der Waals surface area contributed by atoms with Crippen LogP contribution in [0.5, 0.6) is 5.75 Å². The van der Waals surface area contributed by atoms with Crippen LogP contribution in [0, 0.1) is 6.92 Å². The van der Waals surface area contributed by atoms with Crippen LogP contribution in [0.2, 0.25) is 0 Å². The third kappa shape index (κ3) is 4.62. The highest BCUT2D eigenvalue weighted by Crippen LogP contribution is 2.40. The highest BCUT2D eigenvalue weighted by atomic mass is 79.9. The summed E-state index contributed by atoms with van der Waals surface area (Å²) in [6.45, 7) is 3.41. The molecule has 0 heterocycles. The molecule has 1 amide bonds. The Morgan fingerprint density at radius 3 is 2.75 bits per heavy atom. The first-order chi connectivity index (χ1) is 13.2. The Balaban J connectivity index is 1.66. The summed E-state index contributed by atoms with van der Waals surface area (Å²) in [4.78, 5) is 24.4. The van der Waals surface area contributed by atoms with Gasteiger partial charge in [0.15, 0.2) is 12.4 Å². The van der Waals surface area contributed by atoms with Gasteiger partial charge in [-0.15, -0.1) is 0 Å². The largest absolute Gasteiger partial charge is 0.483 e. The lowest BCUT2D eigenvalue weighted by Gasteiger charge is -2.13. The Morgan fingerprint density at radius 2 is 2.04 bits per heavy atom. The van der Waals surface area contributed by atoms with E-state index in [4.69, 9.17) is 4.74 Å². The second-order valence-electron chi connectivity index (χ2n) is 6.90. The molecular formula is C20H20BrNO5S. The molecular weight excluding hydrogens is 446 g/mol. The van der Waals surface area contributed by atoms with E-state index in [0.717, 1.165) is 15.6 Å². The van der Waals surface area contributed by atoms with Crippen molar-refractivity contribution in [1.29, 1.82) is 0 Å². The van der Waals surface area contributed by atoms with E-state index >= 15 is 0 Å². The Bertz CT molecular complexity index is 1050. The van der Waals surface area contributed by atoms with Crippen LogP contribution in [0.1, 0.15) is 46.3 Å². The molecule has 28 heavy (non-hydrogen) atoms. The number of carbonyl (C=O) groups is 2. The van der Waals surface area contributed by atoms with Crippen molar-refractivity contribution in [3.8, 4) is 5.75 Å². The van der Waals surface area contributed by atoms with Gasteiger partial charge in [-0.1, -0.05) is 41.1 Å². The van der Waals surface area contributed by atoms with Gasteiger partial charge in [-0.3, -0.25) is 9.59 Å². The molecule has 1 atom stereocenters. The van der Waals surface area contributed by atoms with Gasteiger partial charge in [0.25, 0.3) is 5.91 Å². The van der Waals surface area contributed by atoms with Crippen molar-refractivity contribution < 1.29 is 22.7 Å². The molecule has 2 aromatic carbocycles. The van der Waals surface area contributed by atoms with Gasteiger partial charge >= 0.3 is 0 Å². The average molecular weight is 466 g/mol. The molecule has 0 bridgehead atoms. The molecule has 0 fully saturated rings. The minimum absolute atomic E-state index is 0.0242. The number of fused-ring (bicyclic) bond motifs is 1. The van der Waals surface area contributed by atoms with Crippen molar-refractivity contribution in [1.82, 2.24) is 4.72 Å². The van der Waals surface area contributed by atoms with Gasteiger partial charge in [-0.2, -0.15) is 0 Å². The number of hydrogen-bond donors (Lipinski definition) is 1. The van der Waals surface area contributed by atoms with Crippen LogP contribution in [0.3, 0.4) is 0 Å². The number of benzene rings is 2. The molecule has 2 aromatic rings. The molecule has 148 valence electrons. The highest BCUT2D eigenvalue weighted by Gasteiger charge is 2.31. The number of sulfonamides is 1. The Hall–Kier alpha value is -2.19. The topological polar surface area (TPSA) is 89.5 Å². The van der Waals surface area contributed by atoms with E-state index in [1.54, 1.807) is 30.3 Å². The van der Waals surface area contributed by atoms with Crippen LogP contribution in [-0.2, 0) is 20.6 Å². The quantitative estimate of drug-likeness (QED) is 0.705. The molecule has 1 aliphatic carbocycles. The predicted molar refractivity (Wildman–Crippen MR) is 109 cm³/mol. The average Bonchev–Trinajstić information content (AvgIpc) is 2.89. The molecule has 0 radical (unpaired) electrons. The number of hydrogen-bond acceptors (Lipinski definition) is 5. The summed E-state index contributed by atoms with van der Waals surface area (Å²) in [7, 11) is -3.86. The number of Topliss-reactive ketones (excluding diaryl/α,β-unsaturated/α-hetero) is 1. The van der Waals surface area contributed by atoms with E-state index in [9.17, 15) is 18.0 Å². The van der Waals surface area contributed by atoms with E-state index < -0.39 is 22.5 Å². The number of amides is 1. The molecule has 0 spiro atoms. The lowest BCUT2D eigenvalue weighted by atomic mass is 9.97. The van der Waals surface area contributed by atoms with Gasteiger partial charge in [-0.25, -0.2) is 13.1 Å². The smallest absolute Gasteiger partial charge is 0.271 e. The minimum Gasteiger partial charge on any atom is -0.483 e. The highest BCUT2D eigenvalue weighted by molar-refractivity contribution is 9.10. The standard InChI is InChI=1S/C20H20BrNO5S/c1-12-6-7-17(20-16(23)8-13(2)19(12)20)27-10-18(24)22-28(25,26)11-14-4-3-5-15(21)9-14/h3-7,9,13H,8,10-11H2,1-2H3,(H,22,24). The van der Waals surface area contributed by atoms with Crippen molar-refractivity contribution in [3.63, 3.8) is 0 Å². The maximum absolute atomic E-state index is 12.3. The molecule has 1 N–H and O–H groups in total. The van der Waals surface area contributed by atoms with Crippen LogP contribution in [-0.4, -0.2) is 26.7 Å². The van der Waals surface area contributed by atoms with Gasteiger partial charge in [0.05, 0.1) is 11.3 Å². The molecule has 0 aliphatic heterocycles. The summed E-state index contributed by atoms with van der Waals surface area (Å²) in [5.74, 6) is -0.722.